The molecule has 0 saturated carbocycles. The van der Waals surface area contributed by atoms with E-state index >= 15 is 0 Å². The van der Waals surface area contributed by atoms with Gasteiger partial charge in [0.15, 0.2) is 0 Å². The van der Waals surface area contributed by atoms with Gasteiger partial charge in [0.05, 0.1) is 6.26 Å². The highest BCUT2D eigenvalue weighted by atomic mass is 28.4. The monoisotopic (exact) mass is 430 g/mol. The van der Waals surface area contributed by atoms with Crippen LogP contribution < -0.4 is 0 Å². The molecule has 1 atom stereocenters. The normalized spacial score (nSPS) is 14.5. The summed E-state index contributed by atoms with van der Waals surface area (Å²) in [6, 6.07) is 11.7. The Morgan fingerprint density at radius 3 is 2.10 bits per heavy atom. The number of rotatable bonds is 8. The Kier molecular flexibility index (Phi) is 8.73. The molecule has 0 heterocycles. The standard InChI is InChI=1S/C24H38N2O3Si/c1-19(2)26(20(3)4)22(27)29-24(18-25,17-21-13-11-10-12-14-21)15-16-28-30(8,9)23(5,6)7/h10-16,19-20H,17H2,1-9H3/b16-15-. The summed E-state index contributed by atoms with van der Waals surface area (Å²) in [5.41, 5.74) is -0.549. The van der Waals surface area contributed by atoms with Crippen molar-refractivity contribution < 1.29 is 14.0 Å². The average Bonchev–Trinajstić information content (AvgIpc) is 2.60. The van der Waals surface area contributed by atoms with Crippen molar-refractivity contribution in [3.8, 4) is 6.07 Å². The number of hydrogen-bond acceptors (Lipinski definition) is 4. The van der Waals surface area contributed by atoms with Gasteiger partial charge in [-0.3, -0.25) is 0 Å². The molecule has 1 rings (SSSR count). The summed E-state index contributed by atoms with van der Waals surface area (Å²) in [6.07, 6.45) is 2.90. The van der Waals surface area contributed by atoms with Crippen LogP contribution in [0.1, 0.15) is 54.0 Å². The van der Waals surface area contributed by atoms with Crippen LogP contribution in [0, 0.1) is 11.3 Å². The molecule has 166 valence electrons. The van der Waals surface area contributed by atoms with Crippen molar-refractivity contribution in [1.29, 1.82) is 5.26 Å². The zero-order chi connectivity index (χ0) is 23.2. The molecule has 0 saturated heterocycles. The summed E-state index contributed by atoms with van der Waals surface area (Å²) in [6.45, 7) is 18.5. The lowest BCUT2D eigenvalue weighted by atomic mass is 9.95. The van der Waals surface area contributed by atoms with Gasteiger partial charge in [0.2, 0.25) is 13.9 Å². The fourth-order valence-electron chi connectivity index (χ4n) is 2.84. The predicted molar refractivity (Wildman–Crippen MR) is 125 cm³/mol. The van der Waals surface area contributed by atoms with Crippen LogP contribution in [0.15, 0.2) is 42.7 Å². The lowest BCUT2D eigenvalue weighted by Crippen LogP contribution is -2.47. The first kappa shape index (κ1) is 25.8. The topological polar surface area (TPSA) is 62.6 Å². The maximum absolute atomic E-state index is 13.0. The zero-order valence-corrected chi connectivity index (χ0v) is 21.0. The molecule has 0 N–H and O–H groups in total. The van der Waals surface area contributed by atoms with E-state index in [2.05, 4.69) is 39.9 Å². The Bertz CT molecular complexity index is 753. The summed E-state index contributed by atoms with van der Waals surface area (Å²) in [4.78, 5) is 14.6. The Morgan fingerprint density at radius 1 is 1.13 bits per heavy atom. The minimum absolute atomic E-state index is 0.0227. The van der Waals surface area contributed by atoms with E-state index in [0.717, 1.165) is 5.56 Å². The number of amides is 1. The van der Waals surface area contributed by atoms with Crippen LogP contribution in [0.4, 0.5) is 4.79 Å². The van der Waals surface area contributed by atoms with Crippen molar-refractivity contribution in [2.75, 3.05) is 0 Å². The van der Waals surface area contributed by atoms with Crippen molar-refractivity contribution >= 4 is 14.4 Å². The van der Waals surface area contributed by atoms with Gasteiger partial charge in [-0.1, -0.05) is 51.1 Å². The van der Waals surface area contributed by atoms with E-state index in [1.165, 1.54) is 0 Å². The Morgan fingerprint density at radius 2 is 1.67 bits per heavy atom. The largest absolute Gasteiger partial charge is 0.549 e. The molecular formula is C24H38N2O3Si. The number of nitrogens with zero attached hydrogens (tertiary/aromatic N) is 2. The summed E-state index contributed by atoms with van der Waals surface area (Å²) in [5, 5.41) is 10.1. The Balaban J connectivity index is 3.26. The third-order valence-electron chi connectivity index (χ3n) is 5.60. The number of carbonyl (C=O) groups is 1. The van der Waals surface area contributed by atoms with Crippen LogP contribution in [0.5, 0.6) is 0 Å². The first-order valence-electron chi connectivity index (χ1n) is 10.6. The lowest BCUT2D eigenvalue weighted by molar-refractivity contribution is 0.0337. The minimum atomic E-state index is -2.05. The maximum Gasteiger partial charge on any atom is 0.412 e. The summed E-state index contributed by atoms with van der Waals surface area (Å²) >= 11 is 0. The molecule has 0 aromatic heterocycles. The molecule has 0 bridgehead atoms. The van der Waals surface area contributed by atoms with Crippen LogP contribution in [0.25, 0.3) is 0 Å². The van der Waals surface area contributed by atoms with E-state index in [0.29, 0.717) is 0 Å². The van der Waals surface area contributed by atoms with E-state index in [9.17, 15) is 10.1 Å². The average molecular weight is 431 g/mol. The van der Waals surface area contributed by atoms with Crippen LogP contribution in [0.2, 0.25) is 18.1 Å². The molecule has 1 aromatic carbocycles. The number of carbonyl (C=O) groups excluding carboxylic acids is 1. The first-order valence-corrected chi connectivity index (χ1v) is 13.5. The lowest BCUT2D eigenvalue weighted by Gasteiger charge is -2.36. The van der Waals surface area contributed by atoms with Crippen LogP contribution in [0.3, 0.4) is 0 Å². The molecule has 0 spiro atoms. The summed E-state index contributed by atoms with van der Waals surface area (Å²) < 4.78 is 12.0. The van der Waals surface area contributed by atoms with E-state index in [-0.39, 0.29) is 23.5 Å². The first-order chi connectivity index (χ1) is 13.7. The highest BCUT2D eigenvalue weighted by Crippen LogP contribution is 2.37. The van der Waals surface area contributed by atoms with Gasteiger partial charge in [-0.05, 0) is 51.4 Å². The molecule has 0 fully saturated rings. The number of nitriles is 1. The number of benzene rings is 1. The van der Waals surface area contributed by atoms with E-state index in [4.69, 9.17) is 9.16 Å². The second-order valence-corrected chi connectivity index (χ2v) is 14.6. The second-order valence-electron chi connectivity index (χ2n) is 9.81. The molecule has 0 radical (unpaired) electrons. The number of ether oxygens (including phenoxy) is 1. The predicted octanol–water partition coefficient (Wildman–Crippen LogP) is 6.28. The fourth-order valence-corrected chi connectivity index (χ4v) is 3.61. The SMILES string of the molecule is CC(C)N(C(=O)OC(C#N)(/C=C\O[Si](C)(C)C(C)(C)C)Cc1ccccc1)C(C)C. The third-order valence-corrected chi connectivity index (χ3v) is 9.94. The smallest absolute Gasteiger partial charge is 0.412 e. The molecule has 1 aromatic rings. The van der Waals surface area contributed by atoms with Crippen LogP contribution in [-0.2, 0) is 15.6 Å². The van der Waals surface area contributed by atoms with E-state index < -0.39 is 20.0 Å². The molecule has 1 amide bonds. The van der Waals surface area contributed by atoms with E-state index in [1.54, 1.807) is 17.2 Å². The van der Waals surface area contributed by atoms with Gasteiger partial charge in [-0.15, -0.1) is 0 Å². The molecule has 1 unspecified atom stereocenters. The Hall–Kier alpha value is -2.26. The molecule has 6 heteroatoms. The van der Waals surface area contributed by atoms with Crippen LogP contribution >= 0.6 is 0 Å². The van der Waals surface area contributed by atoms with Gasteiger partial charge >= 0.3 is 6.09 Å². The highest BCUT2D eigenvalue weighted by molar-refractivity contribution is 6.74. The molecule has 0 aliphatic heterocycles. The highest BCUT2D eigenvalue weighted by Gasteiger charge is 2.39. The third kappa shape index (κ3) is 6.91. The van der Waals surface area contributed by atoms with Crippen molar-refractivity contribution in [2.45, 2.75) is 90.7 Å². The fraction of sp³-hybridized carbons (Fsp3) is 0.583. The zero-order valence-electron chi connectivity index (χ0n) is 20.0. The van der Waals surface area contributed by atoms with E-state index in [1.807, 2.05) is 58.0 Å². The van der Waals surface area contributed by atoms with Crippen molar-refractivity contribution in [1.82, 2.24) is 4.90 Å². The van der Waals surface area contributed by atoms with Crippen molar-refractivity contribution in [2.24, 2.45) is 0 Å². The van der Waals surface area contributed by atoms with Gasteiger partial charge < -0.3 is 14.1 Å². The summed E-state index contributed by atoms with van der Waals surface area (Å²) in [5.74, 6) is 0. The Labute approximate surface area is 183 Å². The van der Waals surface area contributed by atoms with Gasteiger partial charge in [-0.2, -0.15) is 5.26 Å². The molecular weight excluding hydrogens is 392 g/mol. The van der Waals surface area contributed by atoms with Crippen LogP contribution in [-0.4, -0.2) is 37.0 Å². The van der Waals surface area contributed by atoms with Gasteiger partial charge in [0, 0.05) is 24.6 Å². The van der Waals surface area contributed by atoms with Gasteiger partial charge in [0.1, 0.15) is 6.07 Å². The number of hydrogen-bond donors (Lipinski definition) is 0. The van der Waals surface area contributed by atoms with Gasteiger partial charge in [0.25, 0.3) is 0 Å². The molecule has 0 aliphatic carbocycles. The quantitative estimate of drug-likeness (QED) is 0.359. The summed E-state index contributed by atoms with van der Waals surface area (Å²) in [7, 11) is -2.05. The maximum atomic E-state index is 13.0. The molecule has 0 aliphatic rings. The van der Waals surface area contributed by atoms with Crippen molar-refractivity contribution in [3.63, 3.8) is 0 Å². The molecule has 5 nitrogen and oxygen atoms in total. The van der Waals surface area contributed by atoms with Crippen molar-refractivity contribution in [3.05, 3.63) is 48.2 Å². The molecule has 30 heavy (non-hydrogen) atoms. The second kappa shape index (κ2) is 10.2. The van der Waals surface area contributed by atoms with Gasteiger partial charge in [-0.25, -0.2) is 4.79 Å². The minimum Gasteiger partial charge on any atom is -0.549 e.